The van der Waals surface area contributed by atoms with Gasteiger partial charge in [-0.3, -0.25) is 9.69 Å². The first-order chi connectivity index (χ1) is 17.5. The van der Waals surface area contributed by atoms with Gasteiger partial charge in [0.15, 0.2) is 0 Å². The van der Waals surface area contributed by atoms with Crippen LogP contribution in [0.4, 0.5) is 13.2 Å². The second-order valence-corrected chi connectivity index (χ2v) is 8.98. The van der Waals surface area contributed by atoms with Gasteiger partial charge in [-0.2, -0.15) is 18.2 Å². The lowest BCUT2D eigenvalue weighted by Gasteiger charge is -2.28. The van der Waals surface area contributed by atoms with Crippen LogP contribution in [-0.4, -0.2) is 39.2 Å². The summed E-state index contributed by atoms with van der Waals surface area (Å²) in [6.07, 6.45) is -4.58. The zero-order chi connectivity index (χ0) is 26.9. The van der Waals surface area contributed by atoms with Crippen molar-refractivity contribution in [2.75, 3.05) is 7.05 Å². The highest BCUT2D eigenvalue weighted by molar-refractivity contribution is 5.75. The van der Waals surface area contributed by atoms with Gasteiger partial charge in [0.1, 0.15) is 6.04 Å². The Labute approximate surface area is 212 Å². The molecule has 9 heteroatoms. The van der Waals surface area contributed by atoms with E-state index in [2.05, 4.69) is 10.1 Å². The Balaban J connectivity index is 1.68. The van der Waals surface area contributed by atoms with Crippen molar-refractivity contribution in [3.05, 3.63) is 83.4 Å². The molecule has 1 N–H and O–H groups in total. The third kappa shape index (κ3) is 5.41. The van der Waals surface area contributed by atoms with Gasteiger partial charge in [-0.05, 0) is 68.3 Å². The van der Waals surface area contributed by atoms with E-state index in [0.29, 0.717) is 11.1 Å². The molecule has 0 saturated carbocycles. The Kier molecular flexibility index (Phi) is 7.18. The Morgan fingerprint density at radius 2 is 1.70 bits per heavy atom. The maximum absolute atomic E-state index is 14.0. The molecule has 0 amide bonds. The number of halogens is 3. The van der Waals surface area contributed by atoms with Crippen LogP contribution in [0.5, 0.6) is 0 Å². The van der Waals surface area contributed by atoms with Crippen LogP contribution in [0.2, 0.25) is 0 Å². The van der Waals surface area contributed by atoms with Crippen LogP contribution in [0, 0.1) is 6.92 Å². The molecule has 4 rings (SSSR count). The summed E-state index contributed by atoms with van der Waals surface area (Å²) in [5.74, 6) is -0.749. The Bertz CT molecular complexity index is 1430. The van der Waals surface area contributed by atoms with Crippen LogP contribution < -0.4 is 0 Å². The molecule has 4 aromatic rings. The average Bonchev–Trinajstić information content (AvgIpc) is 3.37. The Morgan fingerprint density at radius 3 is 2.38 bits per heavy atom. The van der Waals surface area contributed by atoms with Crippen molar-refractivity contribution in [3.8, 4) is 34.0 Å². The molecule has 6 nitrogen and oxygen atoms in total. The van der Waals surface area contributed by atoms with Crippen LogP contribution >= 0.6 is 0 Å². The zero-order valence-corrected chi connectivity index (χ0v) is 20.7. The number of carboxylic acids is 1. The van der Waals surface area contributed by atoms with E-state index < -0.39 is 23.8 Å². The highest BCUT2D eigenvalue weighted by Crippen LogP contribution is 2.40. The van der Waals surface area contributed by atoms with Gasteiger partial charge in [-0.25, -0.2) is 0 Å². The average molecular weight is 510 g/mol. The van der Waals surface area contributed by atoms with Gasteiger partial charge in [-0.15, -0.1) is 0 Å². The van der Waals surface area contributed by atoms with Crippen LogP contribution in [0.15, 0.2) is 71.3 Å². The summed E-state index contributed by atoms with van der Waals surface area (Å²) in [6, 6.07) is 17.2. The van der Waals surface area contributed by atoms with Crippen molar-refractivity contribution in [2.45, 2.75) is 39.0 Å². The topological polar surface area (TPSA) is 79.5 Å². The highest BCUT2D eigenvalue weighted by Gasteiger charge is 2.35. The molecule has 0 spiro atoms. The van der Waals surface area contributed by atoms with E-state index in [1.165, 1.54) is 12.1 Å². The number of hydrogen-bond donors (Lipinski definition) is 1. The number of rotatable bonds is 7. The summed E-state index contributed by atoms with van der Waals surface area (Å²) in [5, 5.41) is 13.3. The van der Waals surface area contributed by atoms with E-state index in [1.54, 1.807) is 62.2 Å². The first kappa shape index (κ1) is 26.1. The van der Waals surface area contributed by atoms with Gasteiger partial charge in [0.2, 0.25) is 5.82 Å². The predicted octanol–water partition coefficient (Wildman–Crippen LogP) is 6.86. The molecular weight excluding hydrogens is 483 g/mol. The number of likely N-dealkylation sites (N-methyl/N-ethyl adjacent to an activating group) is 1. The number of hydrogen-bond acceptors (Lipinski definition) is 5. The summed E-state index contributed by atoms with van der Waals surface area (Å²) in [7, 11) is 1.72. The molecule has 37 heavy (non-hydrogen) atoms. The number of nitrogens with zero attached hydrogens (tertiary/aromatic N) is 3. The molecule has 192 valence electrons. The van der Waals surface area contributed by atoms with E-state index >= 15 is 0 Å². The van der Waals surface area contributed by atoms with E-state index in [1.807, 2.05) is 19.1 Å². The van der Waals surface area contributed by atoms with Gasteiger partial charge in [0.05, 0.1) is 5.56 Å². The fourth-order valence-corrected chi connectivity index (χ4v) is 4.16. The van der Waals surface area contributed by atoms with Crippen LogP contribution in [0.25, 0.3) is 34.0 Å². The fraction of sp³-hybridized carbons (Fsp3) is 0.250. The van der Waals surface area contributed by atoms with Crippen molar-refractivity contribution in [1.29, 1.82) is 0 Å². The molecule has 2 unspecified atom stereocenters. The minimum atomic E-state index is -4.58. The van der Waals surface area contributed by atoms with E-state index in [-0.39, 0.29) is 28.9 Å². The van der Waals surface area contributed by atoms with Crippen molar-refractivity contribution >= 4 is 5.97 Å². The fourth-order valence-electron chi connectivity index (χ4n) is 4.16. The number of benzene rings is 3. The van der Waals surface area contributed by atoms with Gasteiger partial charge in [-0.1, -0.05) is 53.7 Å². The smallest absolute Gasteiger partial charge is 0.417 e. The molecule has 2 atom stereocenters. The molecule has 3 aromatic carbocycles. The summed E-state index contributed by atoms with van der Waals surface area (Å²) >= 11 is 0. The normalized spacial score (nSPS) is 13.5. The van der Waals surface area contributed by atoms with Gasteiger partial charge >= 0.3 is 12.1 Å². The molecule has 0 radical (unpaired) electrons. The molecule has 0 aliphatic heterocycles. The maximum Gasteiger partial charge on any atom is 0.417 e. The third-order valence-corrected chi connectivity index (χ3v) is 6.64. The van der Waals surface area contributed by atoms with Gasteiger partial charge in [0.25, 0.3) is 5.89 Å². The molecule has 0 saturated heterocycles. The monoisotopic (exact) mass is 509 g/mol. The molecule has 1 aromatic heterocycles. The molecular formula is C28H26F3N3O3. The molecule has 1 heterocycles. The quantitative estimate of drug-likeness (QED) is 0.293. The third-order valence-electron chi connectivity index (χ3n) is 6.64. The number of carboxylic acid groups (broad SMARTS) is 1. The summed E-state index contributed by atoms with van der Waals surface area (Å²) in [5.41, 5.74) is 2.12. The van der Waals surface area contributed by atoms with E-state index in [4.69, 9.17) is 4.52 Å². The number of aryl methyl sites for hydroxylation is 1. The molecule has 0 aliphatic rings. The van der Waals surface area contributed by atoms with Gasteiger partial charge in [0, 0.05) is 17.2 Å². The molecule has 0 fully saturated rings. The molecule has 0 aliphatic carbocycles. The SMILES string of the molecule is Cc1ccccc1-c1ccc(-c2nc(-c3cccc(C(C)N(C)C(C)C(=O)O)c3)no2)cc1C(F)(F)F. The second kappa shape index (κ2) is 10.2. The second-order valence-electron chi connectivity index (χ2n) is 8.98. The van der Waals surface area contributed by atoms with Gasteiger partial charge < -0.3 is 9.63 Å². The number of aromatic nitrogens is 2. The van der Waals surface area contributed by atoms with Crippen molar-refractivity contribution in [3.63, 3.8) is 0 Å². The van der Waals surface area contributed by atoms with Crippen molar-refractivity contribution < 1.29 is 27.6 Å². The summed E-state index contributed by atoms with van der Waals surface area (Å²) in [6.45, 7) is 5.26. The summed E-state index contributed by atoms with van der Waals surface area (Å²) < 4.78 is 47.4. The predicted molar refractivity (Wildman–Crippen MR) is 134 cm³/mol. The van der Waals surface area contributed by atoms with Crippen molar-refractivity contribution in [2.24, 2.45) is 0 Å². The van der Waals surface area contributed by atoms with E-state index in [0.717, 1.165) is 17.2 Å². The highest BCUT2D eigenvalue weighted by atomic mass is 19.4. The Morgan fingerprint density at radius 1 is 0.973 bits per heavy atom. The van der Waals surface area contributed by atoms with E-state index in [9.17, 15) is 23.1 Å². The van der Waals surface area contributed by atoms with Crippen LogP contribution in [0.3, 0.4) is 0 Å². The first-order valence-electron chi connectivity index (χ1n) is 11.6. The number of aliphatic carboxylic acids is 1. The lowest BCUT2D eigenvalue weighted by Crippen LogP contribution is -2.37. The van der Waals surface area contributed by atoms with Crippen molar-refractivity contribution in [1.82, 2.24) is 15.0 Å². The first-order valence-corrected chi connectivity index (χ1v) is 11.6. The standard InChI is InChI=1S/C28H26F3N3O3/c1-16-8-5-6-11-22(16)23-13-12-21(15-24(23)28(29,30)31)26-32-25(33-37-26)20-10-7-9-19(14-20)17(2)34(4)18(3)27(35)36/h5-15,17-18H,1-4H3,(H,35,36). The minimum absolute atomic E-state index is 0.0353. The minimum Gasteiger partial charge on any atom is -0.480 e. The lowest BCUT2D eigenvalue weighted by atomic mass is 9.94. The largest absolute Gasteiger partial charge is 0.480 e. The molecule has 0 bridgehead atoms. The number of alkyl halides is 3. The Hall–Kier alpha value is -3.98. The van der Waals surface area contributed by atoms with Crippen LogP contribution in [-0.2, 0) is 11.0 Å². The van der Waals surface area contributed by atoms with Crippen LogP contribution in [0.1, 0.15) is 36.6 Å². The maximum atomic E-state index is 14.0. The zero-order valence-electron chi connectivity index (χ0n) is 20.7. The summed E-state index contributed by atoms with van der Waals surface area (Å²) in [4.78, 5) is 17.4. The lowest BCUT2D eigenvalue weighted by molar-refractivity contribution is -0.143. The number of carbonyl (C=O) groups is 1.